The lowest BCUT2D eigenvalue weighted by atomic mass is 10.3. The highest BCUT2D eigenvalue weighted by Crippen LogP contribution is 2.20. The van der Waals surface area contributed by atoms with Gasteiger partial charge in [-0.1, -0.05) is 23.2 Å². The molecule has 2 aromatic rings. The lowest BCUT2D eigenvalue weighted by molar-refractivity contribution is 0.0816. The predicted octanol–water partition coefficient (Wildman–Crippen LogP) is 1.57. The van der Waals surface area contributed by atoms with Gasteiger partial charge in [-0.05, 0) is 18.2 Å². The van der Waals surface area contributed by atoms with Crippen molar-refractivity contribution in [3.05, 3.63) is 44.6 Å². The summed E-state index contributed by atoms with van der Waals surface area (Å²) in [4.78, 5) is 27.2. The van der Waals surface area contributed by atoms with E-state index in [1.165, 1.54) is 23.1 Å². The van der Waals surface area contributed by atoms with Gasteiger partial charge in [0.2, 0.25) is 5.82 Å². The third-order valence-corrected chi connectivity index (χ3v) is 2.75. The van der Waals surface area contributed by atoms with Gasteiger partial charge in [-0.3, -0.25) is 9.78 Å². The Morgan fingerprint density at radius 3 is 2.37 bits per heavy atom. The third-order valence-electron chi connectivity index (χ3n) is 2.32. The summed E-state index contributed by atoms with van der Waals surface area (Å²) in [5.74, 6) is -0.449. The van der Waals surface area contributed by atoms with Gasteiger partial charge in [0.1, 0.15) is 0 Å². The van der Waals surface area contributed by atoms with Crippen LogP contribution in [0.15, 0.2) is 23.0 Å². The van der Waals surface area contributed by atoms with Crippen LogP contribution in [0.1, 0.15) is 10.6 Å². The van der Waals surface area contributed by atoms with E-state index in [1.807, 2.05) is 0 Å². The number of carbonyl (C=O) groups excluding carboxylic acids is 1. The van der Waals surface area contributed by atoms with E-state index in [0.29, 0.717) is 15.7 Å². The number of amides is 1. The van der Waals surface area contributed by atoms with Gasteiger partial charge in [0, 0.05) is 24.1 Å². The van der Waals surface area contributed by atoms with Crippen molar-refractivity contribution < 1.29 is 4.79 Å². The Morgan fingerprint density at radius 2 is 1.84 bits per heavy atom. The van der Waals surface area contributed by atoms with Gasteiger partial charge in [-0.15, -0.1) is 5.10 Å². The molecule has 1 aromatic carbocycles. The van der Waals surface area contributed by atoms with Gasteiger partial charge < -0.3 is 4.90 Å². The average molecular weight is 301 g/mol. The lowest BCUT2D eigenvalue weighted by Gasteiger charge is -2.06. The topological polar surface area (TPSA) is 71.0 Å². The van der Waals surface area contributed by atoms with Crippen LogP contribution in [0, 0.1) is 0 Å². The molecule has 0 aliphatic carbocycles. The van der Waals surface area contributed by atoms with Gasteiger partial charge in [0.15, 0.2) is 0 Å². The number of nitrogens with zero attached hydrogens (tertiary/aromatic N) is 3. The van der Waals surface area contributed by atoms with Crippen molar-refractivity contribution in [3.63, 3.8) is 0 Å². The number of carbonyl (C=O) groups is 1. The van der Waals surface area contributed by atoms with E-state index in [-0.39, 0.29) is 5.82 Å². The van der Waals surface area contributed by atoms with Crippen molar-refractivity contribution in [2.75, 3.05) is 14.1 Å². The average Bonchev–Trinajstić information content (AvgIpc) is 2.68. The molecule has 6 nitrogen and oxygen atoms in total. The normalized spacial score (nSPS) is 10.5. The Kier molecular flexibility index (Phi) is 3.64. The summed E-state index contributed by atoms with van der Waals surface area (Å²) >= 11 is 11.7. The SMILES string of the molecule is CN(C)C(=O)c1nn(-c2cc(Cl)cc(Cl)c2)c(=O)[nH]1. The van der Waals surface area contributed by atoms with Crippen LogP contribution < -0.4 is 5.69 Å². The van der Waals surface area contributed by atoms with Crippen molar-refractivity contribution in [2.45, 2.75) is 0 Å². The van der Waals surface area contributed by atoms with E-state index in [1.54, 1.807) is 14.1 Å². The highest BCUT2D eigenvalue weighted by Gasteiger charge is 2.16. The molecule has 0 radical (unpaired) electrons. The Balaban J connectivity index is 2.52. The number of nitrogens with one attached hydrogen (secondary N) is 1. The molecular formula is C11H10Cl2N4O2. The first-order valence-corrected chi connectivity index (χ1v) is 6.01. The smallest absolute Gasteiger partial charge is 0.342 e. The number of halogens is 2. The molecule has 0 fully saturated rings. The molecule has 0 spiro atoms. The zero-order valence-corrected chi connectivity index (χ0v) is 11.7. The predicted molar refractivity (Wildman–Crippen MR) is 72.2 cm³/mol. The Labute approximate surface area is 118 Å². The largest absolute Gasteiger partial charge is 0.348 e. The highest BCUT2D eigenvalue weighted by molar-refractivity contribution is 6.34. The van der Waals surface area contributed by atoms with Crippen molar-refractivity contribution in [1.82, 2.24) is 19.7 Å². The summed E-state index contributed by atoms with van der Waals surface area (Å²) in [7, 11) is 3.13. The Bertz CT molecular complexity index is 670. The zero-order chi connectivity index (χ0) is 14.2. The molecule has 100 valence electrons. The summed E-state index contributed by atoms with van der Waals surface area (Å²) in [6.45, 7) is 0. The number of hydrogen-bond donors (Lipinski definition) is 1. The Morgan fingerprint density at radius 1 is 1.26 bits per heavy atom. The number of benzene rings is 1. The van der Waals surface area contributed by atoms with Gasteiger partial charge in [0.25, 0.3) is 5.91 Å². The van der Waals surface area contributed by atoms with E-state index in [0.717, 1.165) is 4.68 Å². The molecule has 1 amide bonds. The highest BCUT2D eigenvalue weighted by atomic mass is 35.5. The first kappa shape index (κ1) is 13.6. The van der Waals surface area contributed by atoms with E-state index in [2.05, 4.69) is 10.1 Å². The summed E-state index contributed by atoms with van der Waals surface area (Å²) in [6.07, 6.45) is 0. The minimum atomic E-state index is -0.538. The second kappa shape index (κ2) is 5.07. The molecular weight excluding hydrogens is 291 g/mol. The molecule has 0 unspecified atom stereocenters. The van der Waals surface area contributed by atoms with Crippen molar-refractivity contribution in [2.24, 2.45) is 0 Å². The zero-order valence-electron chi connectivity index (χ0n) is 10.1. The van der Waals surface area contributed by atoms with E-state index < -0.39 is 11.6 Å². The molecule has 0 aliphatic heterocycles. The Hall–Kier alpha value is -1.79. The second-order valence-electron chi connectivity index (χ2n) is 4.02. The molecule has 2 rings (SSSR count). The molecule has 0 saturated heterocycles. The second-order valence-corrected chi connectivity index (χ2v) is 4.89. The fourth-order valence-electron chi connectivity index (χ4n) is 1.47. The molecule has 8 heteroatoms. The van der Waals surface area contributed by atoms with E-state index >= 15 is 0 Å². The number of H-pyrrole nitrogens is 1. The summed E-state index contributed by atoms with van der Waals surface area (Å²) in [5, 5.41) is 4.67. The molecule has 0 bridgehead atoms. The van der Waals surface area contributed by atoms with Crippen LogP contribution in [-0.4, -0.2) is 39.7 Å². The summed E-state index contributed by atoms with van der Waals surface area (Å²) in [5.41, 5.74) is -0.153. The standard InChI is InChI=1S/C11H10Cl2N4O2/c1-16(2)10(18)9-14-11(19)17(15-9)8-4-6(12)3-7(13)5-8/h3-5H,1-2H3,(H,14,15,19). The first-order chi connectivity index (χ1) is 8.88. The molecule has 1 N–H and O–H groups in total. The van der Waals surface area contributed by atoms with Crippen LogP contribution in [0.25, 0.3) is 5.69 Å². The van der Waals surface area contributed by atoms with Gasteiger partial charge >= 0.3 is 5.69 Å². The molecule has 0 atom stereocenters. The monoisotopic (exact) mass is 300 g/mol. The molecule has 0 saturated carbocycles. The van der Waals surface area contributed by atoms with Crippen molar-refractivity contribution in [3.8, 4) is 5.69 Å². The number of aromatic nitrogens is 3. The van der Waals surface area contributed by atoms with Crippen LogP contribution >= 0.6 is 23.2 Å². The summed E-state index contributed by atoms with van der Waals surface area (Å²) < 4.78 is 1.04. The van der Waals surface area contributed by atoms with Gasteiger partial charge in [-0.25, -0.2) is 4.79 Å². The van der Waals surface area contributed by atoms with Gasteiger partial charge in [0.05, 0.1) is 5.69 Å². The van der Waals surface area contributed by atoms with Crippen LogP contribution in [0.2, 0.25) is 10.0 Å². The lowest BCUT2D eigenvalue weighted by Crippen LogP contribution is -2.23. The maximum atomic E-state index is 11.8. The van der Waals surface area contributed by atoms with Crippen molar-refractivity contribution in [1.29, 1.82) is 0 Å². The van der Waals surface area contributed by atoms with Crippen molar-refractivity contribution >= 4 is 29.1 Å². The maximum Gasteiger partial charge on any atom is 0.348 e. The fraction of sp³-hybridized carbons (Fsp3) is 0.182. The van der Waals surface area contributed by atoms with Gasteiger partial charge in [-0.2, -0.15) is 4.68 Å². The van der Waals surface area contributed by atoms with Crippen LogP contribution in [-0.2, 0) is 0 Å². The van der Waals surface area contributed by atoms with Crippen LogP contribution in [0.4, 0.5) is 0 Å². The van der Waals surface area contributed by atoms with Crippen LogP contribution in [0.5, 0.6) is 0 Å². The van der Waals surface area contributed by atoms with E-state index in [9.17, 15) is 9.59 Å². The maximum absolute atomic E-state index is 11.8. The molecule has 0 aliphatic rings. The van der Waals surface area contributed by atoms with E-state index in [4.69, 9.17) is 23.2 Å². The quantitative estimate of drug-likeness (QED) is 0.915. The minimum absolute atomic E-state index is 0.0499. The summed E-state index contributed by atoms with van der Waals surface area (Å²) in [6, 6.07) is 4.59. The molecule has 19 heavy (non-hydrogen) atoms. The molecule has 1 aromatic heterocycles. The number of aromatic amines is 1. The fourth-order valence-corrected chi connectivity index (χ4v) is 1.98. The van der Waals surface area contributed by atoms with Crippen LogP contribution in [0.3, 0.4) is 0 Å². The third kappa shape index (κ3) is 2.80. The molecule has 1 heterocycles. The first-order valence-electron chi connectivity index (χ1n) is 5.26. The number of hydrogen-bond acceptors (Lipinski definition) is 3. The minimum Gasteiger partial charge on any atom is -0.342 e. The number of rotatable bonds is 2.